The van der Waals surface area contributed by atoms with Crippen LogP contribution in [0, 0.1) is 10.8 Å². The van der Waals surface area contributed by atoms with Crippen molar-refractivity contribution >= 4 is 22.2 Å². The molecule has 0 spiro atoms. The van der Waals surface area contributed by atoms with E-state index in [1.54, 1.807) is 0 Å². The summed E-state index contributed by atoms with van der Waals surface area (Å²) in [4.78, 5) is 1.43. The largest absolute Gasteiger partial charge is 0.388 e. The van der Waals surface area contributed by atoms with Crippen molar-refractivity contribution in [3.63, 3.8) is 0 Å². The van der Waals surface area contributed by atoms with Crippen molar-refractivity contribution in [1.82, 2.24) is 5.32 Å². The quantitative estimate of drug-likeness (QED) is 0.0946. The molecule has 0 aliphatic heterocycles. The van der Waals surface area contributed by atoms with E-state index in [-0.39, 0.29) is 5.41 Å². The lowest BCUT2D eigenvalue weighted by Gasteiger charge is -2.25. The molecule has 6 heteroatoms. The summed E-state index contributed by atoms with van der Waals surface area (Å²) >= 11 is 0. The molecular weight excluding hydrogens is 534 g/mol. The van der Waals surface area contributed by atoms with Gasteiger partial charge in [-0.05, 0) is 95.1 Å². The molecule has 0 atom stereocenters. The Morgan fingerprint density at radius 3 is 2.00 bits per heavy atom. The van der Waals surface area contributed by atoms with Crippen molar-refractivity contribution in [3.05, 3.63) is 89.0 Å². The Hall–Kier alpha value is -2.83. The number of benzene rings is 2. The maximum absolute atomic E-state index is 6.14. The standard InChI is InChI=1S/C31H47N5S.C5H12/c1-23(19-31(3,4)5)17-24(2)20-34-21-28-14-13-27(30(33)36-35-22-32)18-26(28)12-9-25-10-15-29(16-11-25)37(6,7)8;1-5(2,3)4/h10-11,13-16,18,22,34H,1-2,9,12,17,19-21H2,3-8H3,(H2,32,35)(H2,33,36);1-4H3. The molecule has 5 nitrogen and oxygen atoms in total. The zero-order valence-electron chi connectivity index (χ0n) is 28.2. The monoisotopic (exact) mass is 593 g/mol. The third kappa shape index (κ3) is 16.6. The topological polar surface area (TPSA) is 88.8 Å². The lowest BCUT2D eigenvalue weighted by Crippen LogP contribution is -2.19. The van der Waals surface area contributed by atoms with E-state index in [9.17, 15) is 0 Å². The average Bonchev–Trinajstić information content (AvgIpc) is 2.84. The molecule has 0 unspecified atom stereocenters. The Bertz CT molecular complexity index is 1200. The fourth-order valence-electron chi connectivity index (χ4n) is 4.29. The van der Waals surface area contributed by atoms with E-state index in [1.165, 1.54) is 27.2 Å². The van der Waals surface area contributed by atoms with Crippen LogP contribution in [0.5, 0.6) is 0 Å². The Balaban J connectivity index is 0.00000162. The fraction of sp³-hybridized carbons (Fsp3) is 0.500. The van der Waals surface area contributed by atoms with Crippen LogP contribution in [0.15, 0.2) is 81.9 Å². The highest BCUT2D eigenvalue weighted by Gasteiger charge is 2.13. The number of nitrogens with two attached hydrogens (primary N) is 2. The number of nitrogens with one attached hydrogen (secondary N) is 1. The lowest BCUT2D eigenvalue weighted by molar-refractivity contribution is 0.406. The Morgan fingerprint density at radius 1 is 0.881 bits per heavy atom. The third-order valence-electron chi connectivity index (χ3n) is 6.02. The summed E-state index contributed by atoms with van der Waals surface area (Å²) in [7, 11) is -0.719. The third-order valence-corrected chi connectivity index (χ3v) is 7.70. The van der Waals surface area contributed by atoms with Gasteiger partial charge in [0.05, 0.1) is 0 Å². The summed E-state index contributed by atoms with van der Waals surface area (Å²) < 4.78 is 0. The predicted molar refractivity (Wildman–Crippen MR) is 191 cm³/mol. The van der Waals surface area contributed by atoms with Crippen molar-refractivity contribution in [1.29, 1.82) is 0 Å². The molecule has 2 aromatic carbocycles. The van der Waals surface area contributed by atoms with E-state index >= 15 is 0 Å². The Morgan fingerprint density at radius 2 is 1.48 bits per heavy atom. The number of aryl methyl sites for hydroxylation is 2. The van der Waals surface area contributed by atoms with Crippen molar-refractivity contribution < 1.29 is 0 Å². The molecule has 0 aromatic heterocycles. The highest BCUT2D eigenvalue weighted by molar-refractivity contribution is 8.32. The van der Waals surface area contributed by atoms with Crippen LogP contribution in [0.3, 0.4) is 0 Å². The summed E-state index contributed by atoms with van der Waals surface area (Å²) in [5.41, 5.74) is 19.3. The molecular formula is C36H59N5S. The van der Waals surface area contributed by atoms with E-state index in [2.05, 4.69) is 132 Å². The van der Waals surface area contributed by atoms with Gasteiger partial charge in [0.25, 0.3) is 0 Å². The molecule has 2 rings (SSSR count). The number of rotatable bonds is 13. The van der Waals surface area contributed by atoms with Crippen molar-refractivity contribution in [2.75, 3.05) is 25.3 Å². The molecule has 2 aromatic rings. The van der Waals surface area contributed by atoms with Crippen LogP contribution >= 0.6 is 10.0 Å². The second kappa shape index (κ2) is 16.7. The predicted octanol–water partition coefficient (Wildman–Crippen LogP) is 8.21. The minimum absolute atomic E-state index is 0.246. The molecule has 42 heavy (non-hydrogen) atoms. The maximum Gasteiger partial charge on any atom is 0.153 e. The number of allylic oxidation sites excluding steroid dienone is 1. The first-order valence-electron chi connectivity index (χ1n) is 14.8. The molecule has 0 amide bonds. The zero-order valence-corrected chi connectivity index (χ0v) is 29.0. The first kappa shape index (κ1) is 37.2. The van der Waals surface area contributed by atoms with Crippen molar-refractivity contribution in [2.24, 2.45) is 32.5 Å². The number of amidine groups is 1. The van der Waals surface area contributed by atoms with Gasteiger partial charge in [0.1, 0.15) is 6.34 Å². The van der Waals surface area contributed by atoms with Gasteiger partial charge in [-0.25, -0.2) is 10.0 Å². The van der Waals surface area contributed by atoms with Gasteiger partial charge in [-0.15, -0.1) is 10.2 Å². The van der Waals surface area contributed by atoms with Crippen molar-refractivity contribution in [2.45, 2.75) is 85.6 Å². The molecule has 0 aliphatic rings. The summed E-state index contributed by atoms with van der Waals surface area (Å²) in [5, 5.41) is 11.3. The first-order chi connectivity index (χ1) is 19.3. The Labute approximate surface area is 259 Å². The second-order valence-electron chi connectivity index (χ2n) is 14.7. The van der Waals surface area contributed by atoms with Crippen molar-refractivity contribution in [3.8, 4) is 0 Å². The van der Waals surface area contributed by atoms with Crippen LogP contribution in [0.2, 0.25) is 0 Å². The van der Waals surface area contributed by atoms with E-state index in [0.717, 1.165) is 56.2 Å². The van der Waals surface area contributed by atoms with Crippen LogP contribution in [-0.2, 0) is 19.4 Å². The minimum Gasteiger partial charge on any atom is -0.388 e. The highest BCUT2D eigenvalue weighted by Crippen LogP contribution is 2.44. The normalized spacial score (nSPS) is 13.0. The van der Waals surface area contributed by atoms with Gasteiger partial charge in [-0.3, -0.25) is 0 Å². The molecule has 0 saturated carbocycles. The number of hydrogen-bond donors (Lipinski definition) is 3. The second-order valence-corrected chi connectivity index (χ2v) is 18.9. The Kier molecular flexibility index (Phi) is 14.8. The van der Waals surface area contributed by atoms with E-state index in [4.69, 9.17) is 11.5 Å². The number of nitrogens with zero attached hydrogens (tertiary/aromatic N) is 2. The van der Waals surface area contributed by atoms with E-state index in [1.807, 2.05) is 6.07 Å². The molecule has 0 saturated heterocycles. The molecule has 0 heterocycles. The highest BCUT2D eigenvalue weighted by atomic mass is 32.3. The minimum atomic E-state index is -0.719. The molecule has 0 fully saturated rings. The molecule has 234 valence electrons. The molecule has 0 bridgehead atoms. The molecule has 0 radical (unpaired) electrons. The smallest absolute Gasteiger partial charge is 0.153 e. The summed E-state index contributed by atoms with van der Waals surface area (Å²) in [6, 6.07) is 15.3. The van der Waals surface area contributed by atoms with Gasteiger partial charge in [0, 0.05) is 18.7 Å². The van der Waals surface area contributed by atoms with Crippen LogP contribution in [-0.4, -0.2) is 37.5 Å². The van der Waals surface area contributed by atoms with E-state index in [0.29, 0.717) is 11.3 Å². The summed E-state index contributed by atoms with van der Waals surface area (Å²) in [6.45, 7) is 25.5. The van der Waals surface area contributed by atoms with Crippen LogP contribution in [0.25, 0.3) is 0 Å². The SMILES string of the molecule is C=C(CNCc1ccc(/C(N)=N/N=C\N)cc1CCc1ccc(S(C)(C)C)cc1)CC(=C)CC(C)(C)C.CC(C)(C)C. The van der Waals surface area contributed by atoms with Crippen LogP contribution < -0.4 is 16.8 Å². The van der Waals surface area contributed by atoms with Crippen LogP contribution in [0.4, 0.5) is 0 Å². The van der Waals surface area contributed by atoms with Gasteiger partial charge in [0.15, 0.2) is 5.84 Å². The molecule has 5 N–H and O–H groups in total. The van der Waals surface area contributed by atoms with Gasteiger partial charge in [-0.2, -0.15) is 0 Å². The fourth-order valence-corrected chi connectivity index (χ4v) is 5.24. The van der Waals surface area contributed by atoms with Gasteiger partial charge < -0.3 is 16.8 Å². The van der Waals surface area contributed by atoms with Crippen LogP contribution in [0.1, 0.15) is 83.6 Å². The zero-order chi connectivity index (χ0) is 32.1. The molecule has 0 aliphatic carbocycles. The van der Waals surface area contributed by atoms with Gasteiger partial charge in [-0.1, -0.05) is 97.0 Å². The first-order valence-corrected chi connectivity index (χ1v) is 17.6. The summed E-state index contributed by atoms with van der Waals surface area (Å²) in [5.74, 6) is 0.353. The summed E-state index contributed by atoms with van der Waals surface area (Å²) in [6.07, 6.45) is 11.8. The maximum atomic E-state index is 6.14. The number of hydrogen-bond acceptors (Lipinski definition) is 3. The van der Waals surface area contributed by atoms with Gasteiger partial charge >= 0.3 is 0 Å². The lowest BCUT2D eigenvalue weighted by atomic mass is 9.86. The average molecular weight is 594 g/mol. The van der Waals surface area contributed by atoms with E-state index < -0.39 is 10.0 Å². The van der Waals surface area contributed by atoms with Gasteiger partial charge in [0.2, 0.25) is 0 Å².